The molecule has 4 aliphatic rings. The molecule has 2 heteroatoms. The lowest BCUT2D eigenvalue weighted by atomic mass is 9.55. The van der Waals surface area contributed by atoms with E-state index in [4.69, 9.17) is 0 Å². The number of anilines is 3. The molecular weight excluding hydrogens is 737 g/mol. The molecule has 0 radical (unpaired) electrons. The van der Waals surface area contributed by atoms with Crippen LogP contribution >= 0.6 is 0 Å². The van der Waals surface area contributed by atoms with Gasteiger partial charge < -0.3 is 9.47 Å². The van der Waals surface area contributed by atoms with Crippen LogP contribution in [0.2, 0.25) is 0 Å². The van der Waals surface area contributed by atoms with Gasteiger partial charge in [-0.15, -0.1) is 0 Å². The number of hydrogen-bond acceptors (Lipinski definition) is 1. The number of hydrogen-bond donors (Lipinski definition) is 0. The van der Waals surface area contributed by atoms with E-state index in [1.165, 1.54) is 99.4 Å². The molecule has 1 spiro atoms. The van der Waals surface area contributed by atoms with Crippen LogP contribution in [0.4, 0.5) is 17.1 Å². The van der Waals surface area contributed by atoms with Gasteiger partial charge in [0.25, 0.3) is 0 Å². The summed E-state index contributed by atoms with van der Waals surface area (Å²) in [5, 5.41) is 2.54. The number of benzene rings is 8. The van der Waals surface area contributed by atoms with Crippen LogP contribution in [0.5, 0.6) is 0 Å². The van der Waals surface area contributed by atoms with E-state index in [0.717, 1.165) is 34.8 Å². The van der Waals surface area contributed by atoms with Crippen molar-refractivity contribution in [1.82, 2.24) is 4.57 Å². The van der Waals surface area contributed by atoms with E-state index >= 15 is 0 Å². The molecule has 3 unspecified atom stereocenters. The third-order valence-electron chi connectivity index (χ3n) is 15.8. The van der Waals surface area contributed by atoms with Crippen molar-refractivity contribution in [3.05, 3.63) is 206 Å². The van der Waals surface area contributed by atoms with Gasteiger partial charge in [-0.25, -0.2) is 0 Å². The van der Waals surface area contributed by atoms with Gasteiger partial charge in [0.2, 0.25) is 0 Å². The minimum atomic E-state index is 0.431. The molecule has 61 heavy (non-hydrogen) atoms. The number of rotatable bonds is 8. The predicted molar refractivity (Wildman–Crippen MR) is 254 cm³/mol. The Morgan fingerprint density at radius 3 is 1.54 bits per heavy atom. The highest BCUT2D eigenvalue weighted by atomic mass is 15.1. The Bertz CT molecular complexity index is 3030. The molecule has 0 aliphatic heterocycles. The maximum atomic E-state index is 2.49. The predicted octanol–water partition coefficient (Wildman–Crippen LogP) is 15.7. The van der Waals surface area contributed by atoms with Gasteiger partial charge in [0.05, 0.1) is 16.7 Å². The Hall–Kier alpha value is -6.64. The van der Waals surface area contributed by atoms with Crippen molar-refractivity contribution in [2.75, 3.05) is 4.90 Å². The van der Waals surface area contributed by atoms with Crippen LogP contribution in [0.1, 0.15) is 44.1 Å². The highest BCUT2D eigenvalue weighted by Crippen LogP contribution is 2.79. The first-order valence-corrected chi connectivity index (χ1v) is 22.5. The summed E-state index contributed by atoms with van der Waals surface area (Å²) >= 11 is 0. The third-order valence-corrected chi connectivity index (χ3v) is 15.8. The number of fused-ring (bicyclic) bond motifs is 5. The smallest absolute Gasteiger partial charge is 0.0541 e. The molecule has 294 valence electrons. The number of nitrogens with zero attached hydrogens (tertiary/aromatic N) is 2. The maximum absolute atomic E-state index is 2.49. The van der Waals surface area contributed by atoms with Crippen molar-refractivity contribution >= 4 is 38.9 Å². The summed E-state index contributed by atoms with van der Waals surface area (Å²) in [6.07, 6.45) is 8.87. The zero-order valence-electron chi connectivity index (χ0n) is 34.4. The Morgan fingerprint density at radius 1 is 0.410 bits per heavy atom. The molecule has 1 aromatic heterocycles. The summed E-state index contributed by atoms with van der Waals surface area (Å²) in [7, 11) is 0. The number of aromatic nitrogens is 1. The van der Waals surface area contributed by atoms with Crippen LogP contribution in [-0.4, -0.2) is 4.57 Å². The first-order valence-electron chi connectivity index (χ1n) is 22.5. The normalized spacial score (nSPS) is 23.3. The van der Waals surface area contributed by atoms with Gasteiger partial charge >= 0.3 is 0 Å². The third kappa shape index (κ3) is 5.41. The van der Waals surface area contributed by atoms with E-state index in [-0.39, 0.29) is 0 Å². The maximum Gasteiger partial charge on any atom is 0.0541 e. The summed E-state index contributed by atoms with van der Waals surface area (Å²) in [4.78, 5) is 2.39. The highest BCUT2D eigenvalue weighted by molar-refractivity contribution is 6.09. The van der Waals surface area contributed by atoms with Crippen molar-refractivity contribution in [1.29, 1.82) is 0 Å². The number of para-hydroxylation sites is 3. The summed E-state index contributed by atoms with van der Waals surface area (Å²) in [6, 6.07) is 74.1. The molecule has 4 saturated carbocycles. The Labute approximate surface area is 358 Å². The standard InChI is InChI=1S/C59H48N2/c1-2-10-41(11-3-1)43-20-28-49(29-21-43)60(50-30-22-44(23-31-50)42-18-26-46(27-19-42)58-36-40-34-47-35-48(38-58)59(47,37-40)39-58)51-32-24-45(25-33-51)52-12-4-7-15-55(52)61-56-16-8-5-13-53(56)54-14-6-9-17-57(54)61/h1-33,40,47-48H,34-39H2/t40-,47?,48?,58?,59-/m0/s1. The van der Waals surface area contributed by atoms with E-state index in [1.807, 2.05) is 0 Å². The molecule has 0 saturated heterocycles. The second-order valence-corrected chi connectivity index (χ2v) is 18.8. The van der Waals surface area contributed by atoms with E-state index in [0.29, 0.717) is 10.8 Å². The summed E-state index contributed by atoms with van der Waals surface area (Å²) in [5.41, 5.74) is 17.1. The average molecular weight is 785 g/mol. The topological polar surface area (TPSA) is 8.17 Å². The molecule has 1 heterocycles. The monoisotopic (exact) mass is 784 g/mol. The van der Waals surface area contributed by atoms with Gasteiger partial charge in [0, 0.05) is 33.4 Å². The first kappa shape index (κ1) is 35.1. The Kier molecular flexibility index (Phi) is 7.74. The summed E-state index contributed by atoms with van der Waals surface area (Å²) < 4.78 is 2.43. The quantitative estimate of drug-likeness (QED) is 0.149. The van der Waals surface area contributed by atoms with Gasteiger partial charge in [0.1, 0.15) is 0 Å². The minimum Gasteiger partial charge on any atom is -0.311 e. The van der Waals surface area contributed by atoms with Gasteiger partial charge in [-0.3, -0.25) is 0 Å². The van der Waals surface area contributed by atoms with E-state index in [1.54, 1.807) is 5.56 Å². The fraction of sp³-hybridized carbons (Fsp3) is 0.186. The zero-order chi connectivity index (χ0) is 40.1. The molecule has 2 nitrogen and oxygen atoms in total. The molecule has 9 aromatic rings. The second-order valence-electron chi connectivity index (χ2n) is 18.8. The van der Waals surface area contributed by atoms with Crippen molar-refractivity contribution in [3.8, 4) is 39.1 Å². The fourth-order valence-corrected chi connectivity index (χ4v) is 13.3. The molecule has 4 aliphatic carbocycles. The molecule has 3 bridgehead atoms. The molecule has 0 N–H and O–H groups in total. The molecule has 4 fully saturated rings. The van der Waals surface area contributed by atoms with Crippen LogP contribution in [0.15, 0.2) is 200 Å². The van der Waals surface area contributed by atoms with Gasteiger partial charge in [-0.1, -0.05) is 146 Å². The van der Waals surface area contributed by atoms with Crippen molar-refractivity contribution in [3.63, 3.8) is 0 Å². The van der Waals surface area contributed by atoms with Crippen LogP contribution in [0.3, 0.4) is 0 Å². The van der Waals surface area contributed by atoms with Crippen LogP contribution in [0, 0.1) is 23.2 Å². The summed E-state index contributed by atoms with van der Waals surface area (Å²) in [5.74, 6) is 3.00. The van der Waals surface area contributed by atoms with E-state index in [2.05, 4.69) is 210 Å². The Balaban J connectivity index is 0.846. The van der Waals surface area contributed by atoms with Crippen molar-refractivity contribution in [2.45, 2.75) is 43.9 Å². The van der Waals surface area contributed by atoms with Crippen molar-refractivity contribution < 1.29 is 0 Å². The first-order chi connectivity index (χ1) is 30.1. The minimum absolute atomic E-state index is 0.431. The molecular formula is C59H48N2. The SMILES string of the molecule is c1ccc(-c2ccc(N(c3ccc(-c4ccc(C56CC7CC8C[C@@H](C5)C[C@]87C6)cc4)cc3)c3ccc(-c4ccccc4-n4c5ccccc5c5ccccc54)cc3)cc2)cc1. The lowest BCUT2D eigenvalue weighted by Gasteiger charge is -2.49. The summed E-state index contributed by atoms with van der Waals surface area (Å²) in [6.45, 7) is 0. The van der Waals surface area contributed by atoms with Crippen molar-refractivity contribution in [2.24, 2.45) is 23.2 Å². The molecule has 8 aromatic carbocycles. The van der Waals surface area contributed by atoms with Crippen LogP contribution in [-0.2, 0) is 5.41 Å². The lowest BCUT2D eigenvalue weighted by molar-refractivity contribution is -0.000160. The largest absolute Gasteiger partial charge is 0.311 e. The molecule has 0 amide bonds. The van der Waals surface area contributed by atoms with Gasteiger partial charge in [-0.05, 0) is 155 Å². The second kappa shape index (κ2) is 13.4. The zero-order valence-corrected chi connectivity index (χ0v) is 34.4. The van der Waals surface area contributed by atoms with Gasteiger partial charge in [0.15, 0.2) is 0 Å². The average Bonchev–Trinajstić information content (AvgIpc) is 3.84. The Morgan fingerprint density at radius 2 is 0.918 bits per heavy atom. The van der Waals surface area contributed by atoms with Gasteiger partial charge in [-0.2, -0.15) is 0 Å². The van der Waals surface area contributed by atoms with E-state index < -0.39 is 0 Å². The molecule has 13 rings (SSSR count). The van der Waals surface area contributed by atoms with Crippen LogP contribution in [0.25, 0.3) is 60.9 Å². The highest BCUT2D eigenvalue weighted by Gasteiger charge is 2.70. The van der Waals surface area contributed by atoms with E-state index in [9.17, 15) is 0 Å². The molecule has 5 atom stereocenters. The van der Waals surface area contributed by atoms with Crippen LogP contribution < -0.4 is 4.90 Å². The lowest BCUT2D eigenvalue weighted by Crippen LogP contribution is -2.42. The fourth-order valence-electron chi connectivity index (χ4n) is 13.3.